The highest BCUT2D eigenvalue weighted by Gasteiger charge is 2.20. The first-order valence-electron chi connectivity index (χ1n) is 7.93. The Morgan fingerprint density at radius 2 is 1.54 bits per heavy atom. The standard InChI is InChI=1S/C16H12O4.C6H4/c1-2-11-14(17)9-13(16(19)20)12(15(11)18)8-10-6-4-3-5-7-10;1-2-6-4-3-5(1)6/h1,3-7,9,17-18H,8H2,(H,19,20);1-4H. The summed E-state index contributed by atoms with van der Waals surface area (Å²) in [5, 5.41) is 28.9. The van der Waals surface area contributed by atoms with Gasteiger partial charge in [-0.05, 0) is 22.8 Å². The Morgan fingerprint density at radius 3 is 1.96 bits per heavy atom. The predicted molar refractivity (Wildman–Crippen MR) is 99.3 cm³/mol. The fourth-order valence-corrected chi connectivity index (χ4v) is 2.67. The molecule has 0 atom stereocenters. The molecule has 0 saturated heterocycles. The molecule has 4 heteroatoms. The number of aromatic carboxylic acids is 1. The number of aromatic hydroxyl groups is 2. The number of phenolic OH excluding ortho intramolecular Hbond substituents is 2. The van der Waals surface area contributed by atoms with Gasteiger partial charge in [-0.1, -0.05) is 60.5 Å². The lowest BCUT2D eigenvalue weighted by molar-refractivity contribution is 0.0694. The first kappa shape index (κ1) is 17.1. The fraction of sp³-hybridized carbons (Fsp3) is 0.0455. The molecule has 0 fully saturated rings. The molecular weight excluding hydrogens is 328 g/mol. The maximum absolute atomic E-state index is 11.2. The molecule has 26 heavy (non-hydrogen) atoms. The van der Waals surface area contributed by atoms with E-state index in [4.69, 9.17) is 6.42 Å². The third-order valence-electron chi connectivity index (χ3n) is 4.20. The highest BCUT2D eigenvalue weighted by molar-refractivity contribution is 5.92. The second-order valence-corrected chi connectivity index (χ2v) is 5.83. The topological polar surface area (TPSA) is 77.8 Å². The second kappa shape index (κ2) is 7.04. The summed E-state index contributed by atoms with van der Waals surface area (Å²) in [6.07, 6.45) is 5.43. The molecule has 0 aromatic heterocycles. The fourth-order valence-electron chi connectivity index (χ4n) is 2.67. The summed E-state index contributed by atoms with van der Waals surface area (Å²) in [6.45, 7) is 0. The second-order valence-electron chi connectivity index (χ2n) is 5.83. The third-order valence-corrected chi connectivity index (χ3v) is 4.20. The van der Waals surface area contributed by atoms with Crippen LogP contribution in [0.4, 0.5) is 0 Å². The van der Waals surface area contributed by atoms with Crippen molar-refractivity contribution in [1.82, 2.24) is 0 Å². The number of phenols is 2. The summed E-state index contributed by atoms with van der Waals surface area (Å²) < 4.78 is 0. The van der Waals surface area contributed by atoms with Crippen molar-refractivity contribution in [3.05, 3.63) is 82.9 Å². The monoisotopic (exact) mass is 344 g/mol. The van der Waals surface area contributed by atoms with E-state index in [1.165, 1.54) is 11.1 Å². The minimum atomic E-state index is -1.23. The van der Waals surface area contributed by atoms with Gasteiger partial charge in [0.15, 0.2) is 0 Å². The number of carboxylic acid groups (broad SMARTS) is 1. The van der Waals surface area contributed by atoms with E-state index in [2.05, 4.69) is 30.2 Å². The molecule has 4 rings (SSSR count). The van der Waals surface area contributed by atoms with Crippen LogP contribution in [0.3, 0.4) is 0 Å². The molecule has 0 radical (unpaired) electrons. The molecule has 0 bridgehead atoms. The van der Waals surface area contributed by atoms with Gasteiger partial charge in [0, 0.05) is 12.0 Å². The van der Waals surface area contributed by atoms with Crippen molar-refractivity contribution in [2.75, 3.05) is 0 Å². The Bertz CT molecular complexity index is 976. The highest BCUT2D eigenvalue weighted by atomic mass is 16.4. The Kier molecular flexibility index (Phi) is 4.64. The molecule has 2 aromatic carbocycles. The minimum Gasteiger partial charge on any atom is -0.506 e. The average Bonchev–Trinajstić information content (AvgIpc) is 2.62. The zero-order valence-electron chi connectivity index (χ0n) is 13.8. The highest BCUT2D eigenvalue weighted by Crippen LogP contribution is 2.34. The quantitative estimate of drug-likeness (QED) is 0.490. The van der Waals surface area contributed by atoms with Crippen molar-refractivity contribution in [1.29, 1.82) is 0 Å². The number of hydrogen-bond donors (Lipinski definition) is 3. The van der Waals surface area contributed by atoms with Gasteiger partial charge in [0.25, 0.3) is 0 Å². The minimum absolute atomic E-state index is 0.0964. The van der Waals surface area contributed by atoms with Crippen LogP contribution in [-0.2, 0) is 6.42 Å². The van der Waals surface area contributed by atoms with E-state index in [1.54, 1.807) is 0 Å². The van der Waals surface area contributed by atoms with Crippen LogP contribution >= 0.6 is 0 Å². The van der Waals surface area contributed by atoms with Gasteiger partial charge in [-0.2, -0.15) is 0 Å². The molecule has 2 aliphatic carbocycles. The molecule has 0 heterocycles. The first-order valence-corrected chi connectivity index (χ1v) is 7.93. The molecule has 128 valence electrons. The Balaban J connectivity index is 0.000000269. The maximum Gasteiger partial charge on any atom is 0.336 e. The lowest BCUT2D eigenvalue weighted by Gasteiger charge is -2.12. The molecular formula is C22H16O4. The average molecular weight is 344 g/mol. The Morgan fingerprint density at radius 1 is 0.962 bits per heavy atom. The van der Waals surface area contributed by atoms with Crippen LogP contribution in [0.5, 0.6) is 11.5 Å². The summed E-state index contributed by atoms with van der Waals surface area (Å²) >= 11 is 0. The van der Waals surface area contributed by atoms with Gasteiger partial charge in [0.1, 0.15) is 17.1 Å². The molecule has 0 amide bonds. The zero-order valence-corrected chi connectivity index (χ0v) is 13.8. The number of carbonyl (C=O) groups is 1. The zero-order chi connectivity index (χ0) is 18.7. The predicted octanol–water partition coefficient (Wildman–Crippen LogP) is 4.04. The number of benzene rings is 3. The van der Waals surface area contributed by atoms with Crippen molar-refractivity contribution in [3.63, 3.8) is 0 Å². The molecule has 4 nitrogen and oxygen atoms in total. The van der Waals surface area contributed by atoms with Crippen molar-refractivity contribution < 1.29 is 20.1 Å². The van der Waals surface area contributed by atoms with E-state index >= 15 is 0 Å². The van der Waals surface area contributed by atoms with E-state index in [9.17, 15) is 20.1 Å². The molecule has 2 aliphatic rings. The summed E-state index contributed by atoms with van der Waals surface area (Å²) in [5.74, 6) is 0.147. The van der Waals surface area contributed by atoms with Gasteiger partial charge < -0.3 is 15.3 Å². The molecule has 0 saturated carbocycles. The number of fused-ring (bicyclic) bond motifs is 1. The first-order chi connectivity index (χ1) is 12.5. The smallest absolute Gasteiger partial charge is 0.336 e. The van der Waals surface area contributed by atoms with Crippen molar-refractivity contribution in [2.45, 2.75) is 6.42 Å². The van der Waals surface area contributed by atoms with Gasteiger partial charge in [0.2, 0.25) is 0 Å². The summed E-state index contributed by atoms with van der Waals surface area (Å²) in [4.78, 5) is 11.2. The third kappa shape index (κ3) is 3.24. The van der Waals surface area contributed by atoms with E-state index in [0.29, 0.717) is 0 Å². The van der Waals surface area contributed by atoms with Crippen LogP contribution in [0.15, 0.2) is 60.7 Å². The number of carboxylic acids is 1. The van der Waals surface area contributed by atoms with E-state index in [0.717, 1.165) is 11.6 Å². The van der Waals surface area contributed by atoms with Crippen LogP contribution in [0, 0.1) is 12.3 Å². The van der Waals surface area contributed by atoms with Gasteiger partial charge in [-0.25, -0.2) is 4.79 Å². The lowest BCUT2D eigenvalue weighted by atomic mass is 9.95. The number of rotatable bonds is 3. The van der Waals surface area contributed by atoms with Gasteiger partial charge >= 0.3 is 5.97 Å². The van der Waals surface area contributed by atoms with Crippen LogP contribution in [0.25, 0.3) is 11.1 Å². The van der Waals surface area contributed by atoms with E-state index < -0.39 is 11.7 Å². The summed E-state index contributed by atoms with van der Waals surface area (Å²) in [5.41, 5.74) is 3.61. The number of hydrogen-bond acceptors (Lipinski definition) is 3. The van der Waals surface area contributed by atoms with Crippen LogP contribution in [0.1, 0.15) is 27.0 Å². The SMILES string of the molecule is C#Cc1c(O)cc(C(=O)O)c(Cc2ccccc2)c1O.c1cc2ccc1-2. The number of terminal acetylenes is 1. The largest absolute Gasteiger partial charge is 0.506 e. The molecule has 0 spiro atoms. The van der Waals surface area contributed by atoms with Crippen LogP contribution < -0.4 is 0 Å². The van der Waals surface area contributed by atoms with Crippen LogP contribution in [-0.4, -0.2) is 21.3 Å². The van der Waals surface area contributed by atoms with Crippen molar-refractivity contribution in [2.24, 2.45) is 0 Å². The maximum atomic E-state index is 11.2. The molecule has 0 aliphatic heterocycles. The van der Waals surface area contributed by atoms with E-state index in [-0.39, 0.29) is 28.9 Å². The normalized spacial score (nSPS) is 10.3. The van der Waals surface area contributed by atoms with Crippen LogP contribution in [0.2, 0.25) is 0 Å². The molecule has 2 aromatic rings. The van der Waals surface area contributed by atoms with Gasteiger partial charge in [0.05, 0.1) is 5.56 Å². The Hall–Kier alpha value is -3.71. The molecule has 3 N–H and O–H groups in total. The molecule has 0 unspecified atom stereocenters. The van der Waals surface area contributed by atoms with Gasteiger partial charge in [-0.3, -0.25) is 0 Å². The summed E-state index contributed by atoms with van der Waals surface area (Å²) in [6, 6.07) is 18.6. The van der Waals surface area contributed by atoms with Gasteiger partial charge in [-0.15, -0.1) is 6.42 Å². The summed E-state index contributed by atoms with van der Waals surface area (Å²) in [7, 11) is 0. The lowest BCUT2D eigenvalue weighted by Crippen LogP contribution is -2.05. The van der Waals surface area contributed by atoms with Crippen molar-refractivity contribution >= 4 is 5.97 Å². The van der Waals surface area contributed by atoms with E-state index in [1.807, 2.05) is 30.3 Å². The van der Waals surface area contributed by atoms with Crippen molar-refractivity contribution in [3.8, 4) is 35.0 Å². The Labute approximate surface area is 151 Å².